The molecular weight excluding hydrogens is 489 g/mol. The molecule has 2 N–H and O–H groups in total. The Hall–Kier alpha value is -0.870. The minimum absolute atomic E-state index is 0. The van der Waals surface area contributed by atoms with Gasteiger partial charge in [0.2, 0.25) is 0 Å². The molecule has 0 radical (unpaired) electrons. The number of hydrogen-bond acceptors (Lipinski definition) is 4. The molecule has 0 bridgehead atoms. The number of aliphatic imine (C=N–C) groups is 1. The van der Waals surface area contributed by atoms with Crippen LogP contribution in [0.4, 0.5) is 0 Å². The highest BCUT2D eigenvalue weighted by Crippen LogP contribution is 2.40. The molecule has 0 unspecified atom stereocenters. The smallest absolute Gasteiger partial charge is 0.191 e. The van der Waals surface area contributed by atoms with Gasteiger partial charge in [0.1, 0.15) is 0 Å². The van der Waals surface area contributed by atoms with E-state index in [1.807, 2.05) is 19.1 Å². The summed E-state index contributed by atoms with van der Waals surface area (Å²) in [6, 6.07) is 6.95. The first kappa shape index (κ1) is 25.2. The molecule has 0 saturated heterocycles. The van der Waals surface area contributed by atoms with Crippen molar-refractivity contribution < 1.29 is 13.2 Å². The van der Waals surface area contributed by atoms with Gasteiger partial charge in [0, 0.05) is 39.6 Å². The number of ether oxygens (including phenoxy) is 1. The third-order valence-electron chi connectivity index (χ3n) is 5.31. The Labute approximate surface area is 186 Å². The molecule has 0 atom stereocenters. The Morgan fingerprint density at radius 3 is 2.36 bits per heavy atom. The molecule has 1 aromatic rings. The Balaban J connectivity index is 0.00000392. The second-order valence-corrected chi connectivity index (χ2v) is 9.37. The van der Waals surface area contributed by atoms with E-state index in [2.05, 4.69) is 15.6 Å². The topological polar surface area (TPSA) is 79.8 Å². The van der Waals surface area contributed by atoms with Gasteiger partial charge in [-0.25, -0.2) is 8.42 Å². The van der Waals surface area contributed by atoms with Crippen molar-refractivity contribution in [3.63, 3.8) is 0 Å². The van der Waals surface area contributed by atoms with Crippen LogP contribution < -0.4 is 10.6 Å². The first-order valence-electron chi connectivity index (χ1n) is 9.70. The molecule has 0 heterocycles. The maximum atomic E-state index is 11.5. The van der Waals surface area contributed by atoms with Crippen molar-refractivity contribution in [3.8, 4) is 0 Å². The van der Waals surface area contributed by atoms with E-state index in [9.17, 15) is 8.42 Å². The fourth-order valence-corrected chi connectivity index (χ4v) is 4.24. The summed E-state index contributed by atoms with van der Waals surface area (Å²) in [6.07, 6.45) is 7.33. The number of sulfone groups is 1. The average molecular weight is 523 g/mol. The molecule has 1 saturated carbocycles. The van der Waals surface area contributed by atoms with Crippen LogP contribution in [-0.2, 0) is 21.1 Å². The van der Waals surface area contributed by atoms with Crippen LogP contribution in [0.5, 0.6) is 0 Å². The normalized spacial score (nSPS) is 16.5. The second kappa shape index (κ2) is 12.0. The lowest BCUT2D eigenvalue weighted by Gasteiger charge is -2.30. The summed E-state index contributed by atoms with van der Waals surface area (Å²) in [5.41, 5.74) is 1.31. The summed E-state index contributed by atoms with van der Waals surface area (Å²) in [5, 5.41) is 6.78. The number of hydrogen-bond donors (Lipinski definition) is 2. The van der Waals surface area contributed by atoms with Crippen molar-refractivity contribution in [2.24, 2.45) is 10.4 Å². The molecular formula is C20H34IN3O3S. The van der Waals surface area contributed by atoms with Crippen LogP contribution in [0.25, 0.3) is 0 Å². The van der Waals surface area contributed by atoms with Gasteiger partial charge in [-0.3, -0.25) is 4.99 Å². The number of guanidine groups is 1. The van der Waals surface area contributed by atoms with Crippen LogP contribution in [0.15, 0.2) is 34.2 Å². The minimum Gasteiger partial charge on any atom is -0.382 e. The molecule has 1 aromatic carbocycles. The van der Waals surface area contributed by atoms with E-state index in [0.717, 1.165) is 37.7 Å². The lowest BCUT2D eigenvalue weighted by atomic mass is 9.83. The van der Waals surface area contributed by atoms with E-state index in [0.29, 0.717) is 16.9 Å². The van der Waals surface area contributed by atoms with Crippen LogP contribution in [-0.4, -0.2) is 47.4 Å². The molecule has 8 heteroatoms. The monoisotopic (exact) mass is 523 g/mol. The van der Waals surface area contributed by atoms with E-state index in [1.54, 1.807) is 19.2 Å². The van der Waals surface area contributed by atoms with Gasteiger partial charge < -0.3 is 15.4 Å². The van der Waals surface area contributed by atoms with E-state index in [4.69, 9.17) is 4.74 Å². The highest BCUT2D eigenvalue weighted by molar-refractivity contribution is 14.0. The fraction of sp³-hybridized carbons (Fsp3) is 0.650. The van der Waals surface area contributed by atoms with Gasteiger partial charge in [-0.2, -0.15) is 0 Å². The van der Waals surface area contributed by atoms with Gasteiger partial charge >= 0.3 is 0 Å². The molecule has 1 aliphatic rings. The molecule has 6 nitrogen and oxygen atoms in total. The first-order valence-corrected chi connectivity index (χ1v) is 11.6. The molecule has 2 rings (SSSR count). The van der Waals surface area contributed by atoms with Gasteiger partial charge in [-0.1, -0.05) is 25.0 Å². The standard InChI is InChI=1S/C20H33N3O3S.HI/c1-4-26-14-13-20(11-5-6-12-20)16-23-19(21-2)22-15-17-7-9-18(10-8-17)27(3,24)25;/h7-10H,4-6,11-16H2,1-3H3,(H2,21,22,23);1H. The molecule has 1 aliphatic carbocycles. The predicted octanol–water partition coefficient (Wildman–Crippen LogP) is 3.36. The molecule has 0 aromatic heterocycles. The van der Waals surface area contributed by atoms with Crippen LogP contribution in [0, 0.1) is 5.41 Å². The summed E-state index contributed by atoms with van der Waals surface area (Å²) in [6.45, 7) is 5.11. The molecule has 0 aliphatic heterocycles. The zero-order valence-corrected chi connectivity index (χ0v) is 20.3. The molecule has 0 spiro atoms. The van der Waals surface area contributed by atoms with Crippen molar-refractivity contribution in [3.05, 3.63) is 29.8 Å². The largest absolute Gasteiger partial charge is 0.382 e. The molecule has 160 valence electrons. The van der Waals surface area contributed by atoms with Crippen molar-refractivity contribution in [1.29, 1.82) is 0 Å². The van der Waals surface area contributed by atoms with Gasteiger partial charge in [-0.05, 0) is 49.3 Å². The Kier molecular flexibility index (Phi) is 10.8. The average Bonchev–Trinajstić information content (AvgIpc) is 3.11. The number of benzene rings is 1. The Bertz CT molecular complexity index is 715. The third-order valence-corrected chi connectivity index (χ3v) is 6.44. The van der Waals surface area contributed by atoms with Gasteiger partial charge in [0.15, 0.2) is 15.8 Å². The second-order valence-electron chi connectivity index (χ2n) is 7.35. The highest BCUT2D eigenvalue weighted by atomic mass is 127. The quantitative estimate of drug-likeness (QED) is 0.225. The van der Waals surface area contributed by atoms with E-state index in [-0.39, 0.29) is 24.0 Å². The molecule has 1 fully saturated rings. The lowest BCUT2D eigenvalue weighted by molar-refractivity contribution is 0.105. The summed E-state index contributed by atoms with van der Waals surface area (Å²) in [5.74, 6) is 0.768. The van der Waals surface area contributed by atoms with E-state index < -0.39 is 9.84 Å². The maximum absolute atomic E-state index is 11.5. The maximum Gasteiger partial charge on any atom is 0.191 e. The van der Waals surface area contributed by atoms with Gasteiger partial charge in [0.25, 0.3) is 0 Å². The molecule has 28 heavy (non-hydrogen) atoms. The SMILES string of the molecule is CCOCCC1(CNC(=NC)NCc2ccc(S(C)(=O)=O)cc2)CCCC1.I. The summed E-state index contributed by atoms with van der Waals surface area (Å²) in [4.78, 5) is 4.65. The highest BCUT2D eigenvalue weighted by Gasteiger charge is 2.33. The number of nitrogens with one attached hydrogen (secondary N) is 2. The number of halogens is 1. The molecule has 0 amide bonds. The van der Waals surface area contributed by atoms with Crippen LogP contribution in [0.3, 0.4) is 0 Å². The number of nitrogens with zero attached hydrogens (tertiary/aromatic N) is 1. The van der Waals surface area contributed by atoms with Crippen LogP contribution in [0.1, 0.15) is 44.6 Å². The fourth-order valence-electron chi connectivity index (χ4n) is 3.61. The first-order chi connectivity index (χ1) is 12.9. The van der Waals surface area contributed by atoms with Gasteiger partial charge in [-0.15, -0.1) is 24.0 Å². The zero-order valence-electron chi connectivity index (χ0n) is 17.2. The van der Waals surface area contributed by atoms with E-state index >= 15 is 0 Å². The summed E-state index contributed by atoms with van der Waals surface area (Å²) < 4.78 is 28.7. The number of rotatable bonds is 9. The Morgan fingerprint density at radius 1 is 1.18 bits per heavy atom. The summed E-state index contributed by atoms with van der Waals surface area (Å²) >= 11 is 0. The summed E-state index contributed by atoms with van der Waals surface area (Å²) in [7, 11) is -1.39. The zero-order chi connectivity index (χ0) is 19.8. The third kappa shape index (κ3) is 7.87. The minimum atomic E-state index is -3.16. The van der Waals surface area contributed by atoms with Crippen molar-refractivity contribution in [2.75, 3.05) is 33.1 Å². The van der Waals surface area contributed by atoms with Gasteiger partial charge in [0.05, 0.1) is 4.90 Å². The lowest BCUT2D eigenvalue weighted by Crippen LogP contribution is -2.43. The van der Waals surface area contributed by atoms with Crippen LogP contribution >= 0.6 is 24.0 Å². The Morgan fingerprint density at radius 2 is 1.82 bits per heavy atom. The van der Waals surface area contributed by atoms with Crippen molar-refractivity contribution in [2.45, 2.75) is 50.5 Å². The predicted molar refractivity (Wildman–Crippen MR) is 125 cm³/mol. The van der Waals surface area contributed by atoms with Crippen LogP contribution in [0.2, 0.25) is 0 Å². The van der Waals surface area contributed by atoms with E-state index in [1.165, 1.54) is 31.9 Å². The van der Waals surface area contributed by atoms with Crippen molar-refractivity contribution >= 4 is 39.8 Å². The van der Waals surface area contributed by atoms with Crippen molar-refractivity contribution in [1.82, 2.24) is 10.6 Å².